The number of fused-ring (bicyclic) bond motifs is 5. The van der Waals surface area contributed by atoms with Crippen molar-refractivity contribution in [3.05, 3.63) is 87.8 Å². The van der Waals surface area contributed by atoms with Crippen molar-refractivity contribution in [3.63, 3.8) is 0 Å². The highest BCUT2D eigenvalue weighted by Gasteiger charge is 2.37. The van der Waals surface area contributed by atoms with E-state index in [0.29, 0.717) is 21.9 Å². The van der Waals surface area contributed by atoms with Gasteiger partial charge in [0.2, 0.25) is 0 Å². The highest BCUT2D eigenvalue weighted by atomic mass is 35.5. The van der Waals surface area contributed by atoms with Crippen LogP contribution in [0.1, 0.15) is 17.5 Å². The van der Waals surface area contributed by atoms with Crippen LogP contribution < -0.4 is 15.0 Å². The van der Waals surface area contributed by atoms with Gasteiger partial charge in [0.1, 0.15) is 0 Å². The van der Waals surface area contributed by atoms with Gasteiger partial charge >= 0.3 is 0 Å². The third-order valence-electron chi connectivity index (χ3n) is 6.47. The number of rotatable bonds is 3. The summed E-state index contributed by atoms with van der Waals surface area (Å²) in [6.45, 7) is 0. The van der Waals surface area contributed by atoms with Gasteiger partial charge in [-0.1, -0.05) is 54.1 Å². The van der Waals surface area contributed by atoms with Gasteiger partial charge in [0.05, 0.1) is 36.7 Å². The molecule has 1 aliphatic heterocycles. The van der Waals surface area contributed by atoms with Crippen molar-refractivity contribution in [2.75, 3.05) is 14.2 Å². The largest absolute Gasteiger partial charge is 0.493 e. The summed E-state index contributed by atoms with van der Waals surface area (Å²) in [5.41, 5.74) is 4.43. The Hall–Kier alpha value is -3.57. The highest BCUT2D eigenvalue weighted by molar-refractivity contribution is 6.33. The fourth-order valence-corrected chi connectivity index (χ4v) is 5.38. The highest BCUT2D eigenvalue weighted by Crippen LogP contribution is 2.50. The van der Waals surface area contributed by atoms with Crippen LogP contribution in [0.25, 0.3) is 32.9 Å². The van der Waals surface area contributed by atoms with E-state index < -0.39 is 0 Å². The average molecular weight is 443 g/mol. The molecule has 2 atom stereocenters. The quantitative estimate of drug-likeness (QED) is 0.384. The van der Waals surface area contributed by atoms with Crippen molar-refractivity contribution < 1.29 is 9.47 Å². The van der Waals surface area contributed by atoms with Crippen molar-refractivity contribution in [3.8, 4) is 22.6 Å². The first-order valence-corrected chi connectivity index (χ1v) is 10.7. The molecule has 0 spiro atoms. The molecule has 1 aliphatic carbocycles. The van der Waals surface area contributed by atoms with Gasteiger partial charge in [-0.3, -0.25) is 14.3 Å². The molecule has 3 heterocycles. The minimum Gasteiger partial charge on any atom is -0.493 e. The van der Waals surface area contributed by atoms with Crippen LogP contribution in [0.15, 0.2) is 71.7 Å². The van der Waals surface area contributed by atoms with Crippen molar-refractivity contribution in [1.82, 2.24) is 9.55 Å². The number of methoxy groups -OCH3 is 2. The van der Waals surface area contributed by atoms with Gasteiger partial charge in [0.15, 0.2) is 11.5 Å². The molecule has 6 rings (SSSR count). The number of pyridine rings is 2. The van der Waals surface area contributed by atoms with Crippen LogP contribution in [0.2, 0.25) is 5.02 Å². The van der Waals surface area contributed by atoms with E-state index in [1.54, 1.807) is 14.2 Å². The molecule has 0 radical (unpaired) electrons. The second kappa shape index (κ2) is 6.97. The van der Waals surface area contributed by atoms with E-state index in [9.17, 15) is 4.79 Å². The molecule has 2 unspecified atom stereocenters. The van der Waals surface area contributed by atoms with Crippen LogP contribution in [0, 0.1) is 0 Å². The van der Waals surface area contributed by atoms with Crippen molar-refractivity contribution in [2.45, 2.75) is 12.0 Å². The van der Waals surface area contributed by atoms with E-state index in [2.05, 4.69) is 12.2 Å². The van der Waals surface area contributed by atoms with Gasteiger partial charge in [-0.05, 0) is 23.8 Å². The Morgan fingerprint density at radius 3 is 2.59 bits per heavy atom. The molecule has 2 aliphatic rings. The van der Waals surface area contributed by atoms with E-state index in [1.807, 2.05) is 59.3 Å². The molecular formula is C26H19ClN2O3. The van der Waals surface area contributed by atoms with Crippen molar-refractivity contribution in [2.24, 2.45) is 0 Å². The van der Waals surface area contributed by atoms with E-state index >= 15 is 0 Å². The topological polar surface area (TPSA) is 53.4 Å². The van der Waals surface area contributed by atoms with Crippen LogP contribution in [-0.4, -0.2) is 23.8 Å². The second-order valence-electron chi connectivity index (χ2n) is 7.95. The summed E-state index contributed by atoms with van der Waals surface area (Å²) >= 11 is 6.57. The predicted octanol–water partition coefficient (Wildman–Crippen LogP) is 5.65. The molecule has 0 saturated carbocycles. The Bertz CT molecular complexity index is 1550. The summed E-state index contributed by atoms with van der Waals surface area (Å²) < 4.78 is 12.9. The molecule has 6 heteroatoms. The molecule has 0 saturated heterocycles. The predicted molar refractivity (Wildman–Crippen MR) is 127 cm³/mol. The first-order valence-electron chi connectivity index (χ1n) is 10.4. The summed E-state index contributed by atoms with van der Waals surface area (Å²) in [5.74, 6) is 0.956. The maximum absolute atomic E-state index is 13.9. The zero-order valence-corrected chi connectivity index (χ0v) is 18.3. The smallest absolute Gasteiger partial charge is 0.263 e. The Morgan fingerprint density at radius 2 is 1.81 bits per heavy atom. The van der Waals surface area contributed by atoms with Crippen molar-refractivity contribution in [1.29, 1.82) is 0 Å². The van der Waals surface area contributed by atoms with Gasteiger partial charge in [0.25, 0.3) is 5.56 Å². The molecule has 0 N–H and O–H groups in total. The monoisotopic (exact) mass is 442 g/mol. The summed E-state index contributed by atoms with van der Waals surface area (Å²) in [5, 5.41) is 1.88. The van der Waals surface area contributed by atoms with E-state index in [-0.39, 0.29) is 17.5 Å². The van der Waals surface area contributed by atoms with Crippen LogP contribution in [0.5, 0.6) is 11.5 Å². The molecule has 2 aromatic heterocycles. The summed E-state index contributed by atoms with van der Waals surface area (Å²) in [4.78, 5) is 18.8. The second-order valence-corrected chi connectivity index (χ2v) is 8.35. The summed E-state index contributed by atoms with van der Waals surface area (Å²) in [6.07, 6.45) is 10.1. The lowest BCUT2D eigenvalue weighted by molar-refractivity contribution is 0.358. The zero-order chi connectivity index (χ0) is 22.0. The average Bonchev–Trinajstić information content (AvgIpc) is 3.18. The fraction of sp³-hybridized carbons (Fsp3) is 0.154. The SMILES string of the molecule is COc1ccc2c(c1OC)c(=O)n1c3c(c(-c4ccccc4Cl)cnc23)C2C=CC=CC21. The number of hydrogen-bond acceptors (Lipinski definition) is 4. The Morgan fingerprint density at radius 1 is 1.00 bits per heavy atom. The number of aromatic nitrogens is 2. The molecule has 5 nitrogen and oxygen atoms in total. The molecule has 32 heavy (non-hydrogen) atoms. The lowest BCUT2D eigenvalue weighted by Crippen LogP contribution is -2.24. The Labute approximate surface area is 189 Å². The number of ether oxygens (including phenoxy) is 2. The minimum absolute atomic E-state index is 0.00850. The van der Waals surface area contributed by atoms with Crippen LogP contribution in [0.4, 0.5) is 0 Å². The summed E-state index contributed by atoms with van der Waals surface area (Å²) in [7, 11) is 3.12. The van der Waals surface area contributed by atoms with E-state index in [0.717, 1.165) is 33.1 Å². The molecule has 0 amide bonds. The standard InChI is InChI=1S/C26H19ClN2O3/c1-31-20-12-11-16-22(25(20)32-2)26(30)29-19-10-6-4-8-15(19)21-17(13-28-23(16)24(21)29)14-7-3-5-9-18(14)27/h3-13,15,19H,1-2H3. The number of halogens is 1. The van der Waals surface area contributed by atoms with Gasteiger partial charge in [0, 0.05) is 33.7 Å². The fourth-order valence-electron chi connectivity index (χ4n) is 5.14. The van der Waals surface area contributed by atoms with E-state index in [4.69, 9.17) is 26.1 Å². The van der Waals surface area contributed by atoms with Gasteiger partial charge in [-0.25, -0.2) is 0 Å². The number of allylic oxidation sites excluding steroid dienone is 4. The molecule has 158 valence electrons. The van der Waals surface area contributed by atoms with Crippen LogP contribution in [-0.2, 0) is 0 Å². The third-order valence-corrected chi connectivity index (χ3v) is 6.80. The van der Waals surface area contributed by atoms with Gasteiger partial charge < -0.3 is 9.47 Å². The number of hydrogen-bond donors (Lipinski definition) is 0. The maximum Gasteiger partial charge on any atom is 0.263 e. The molecule has 4 aromatic rings. The zero-order valence-electron chi connectivity index (χ0n) is 17.5. The number of nitrogens with zero attached hydrogens (tertiary/aromatic N) is 2. The minimum atomic E-state index is -0.143. The lowest BCUT2D eigenvalue weighted by atomic mass is 9.86. The van der Waals surface area contributed by atoms with Crippen LogP contribution in [0.3, 0.4) is 0 Å². The molecular weight excluding hydrogens is 424 g/mol. The first kappa shape index (κ1) is 19.1. The first-order chi connectivity index (χ1) is 15.7. The van der Waals surface area contributed by atoms with Gasteiger partial charge in [-0.15, -0.1) is 0 Å². The summed E-state index contributed by atoms with van der Waals surface area (Å²) in [6, 6.07) is 11.3. The number of benzene rings is 2. The van der Waals surface area contributed by atoms with Crippen LogP contribution >= 0.6 is 11.6 Å². The third kappa shape index (κ3) is 2.40. The Kier molecular flexibility index (Phi) is 4.17. The normalized spacial score (nSPS) is 18.3. The maximum atomic E-state index is 13.9. The van der Waals surface area contributed by atoms with E-state index in [1.165, 1.54) is 0 Å². The molecule has 2 aromatic carbocycles. The van der Waals surface area contributed by atoms with Crippen molar-refractivity contribution >= 4 is 33.4 Å². The van der Waals surface area contributed by atoms with Gasteiger partial charge in [-0.2, -0.15) is 0 Å². The Balaban J connectivity index is 1.82. The molecule has 0 fully saturated rings. The molecule has 0 bridgehead atoms. The lowest BCUT2D eigenvalue weighted by Gasteiger charge is -2.20.